The smallest absolute Gasteiger partial charge is 0.234 e. The summed E-state index contributed by atoms with van der Waals surface area (Å²) >= 11 is 0. The molecule has 2 rings (SSSR count). The number of piperidine rings is 1. The van der Waals surface area contributed by atoms with Crippen LogP contribution in [0, 0.1) is 11.6 Å². The lowest BCUT2D eigenvalue weighted by Gasteiger charge is -2.22. The fraction of sp³-hybridized carbons (Fsp3) is 0.333. The molecule has 0 radical (unpaired) electrons. The number of halogens is 2. The van der Waals surface area contributed by atoms with Crippen molar-refractivity contribution in [1.29, 1.82) is 0 Å². The van der Waals surface area contributed by atoms with E-state index in [0.29, 0.717) is 12.2 Å². The molecule has 1 saturated heterocycles. The number of ether oxygens (including phenoxy) is 1. The molecule has 1 atom stereocenters. The third kappa shape index (κ3) is 3.45. The van der Waals surface area contributed by atoms with Crippen LogP contribution in [0.15, 0.2) is 18.4 Å². The lowest BCUT2D eigenvalue weighted by atomic mass is 9.89. The Bertz CT molecular complexity index is 576. The van der Waals surface area contributed by atoms with E-state index in [1.165, 1.54) is 12.3 Å². The number of imide groups is 1. The minimum Gasteiger partial charge on any atom is -0.501 e. The molecule has 2 amide bonds. The maximum Gasteiger partial charge on any atom is 0.234 e. The molecule has 1 aromatic carbocycles. The molecule has 1 heterocycles. The van der Waals surface area contributed by atoms with E-state index in [1.807, 2.05) is 0 Å². The van der Waals surface area contributed by atoms with Crippen molar-refractivity contribution in [3.63, 3.8) is 0 Å². The van der Waals surface area contributed by atoms with Crippen molar-refractivity contribution in [2.75, 3.05) is 6.61 Å². The number of hydrogen-bond acceptors (Lipinski definition) is 3. The van der Waals surface area contributed by atoms with E-state index in [0.717, 1.165) is 12.1 Å². The molecule has 0 aromatic heterocycles. The Balaban J connectivity index is 2.29. The molecule has 0 bridgehead atoms. The molecule has 0 spiro atoms. The first-order valence-electron chi connectivity index (χ1n) is 6.63. The van der Waals surface area contributed by atoms with Gasteiger partial charge in [0.1, 0.15) is 11.6 Å². The molecule has 6 heteroatoms. The summed E-state index contributed by atoms with van der Waals surface area (Å²) in [4.78, 5) is 22.8. The number of hydrogen-bond donors (Lipinski definition) is 1. The predicted molar refractivity (Wildman–Crippen MR) is 72.1 cm³/mol. The number of amides is 2. The van der Waals surface area contributed by atoms with Crippen LogP contribution in [0.3, 0.4) is 0 Å². The molecule has 0 saturated carbocycles. The normalized spacial score (nSPS) is 18.9. The molecule has 1 aliphatic rings. The van der Waals surface area contributed by atoms with Crippen molar-refractivity contribution in [1.82, 2.24) is 5.32 Å². The van der Waals surface area contributed by atoms with Crippen LogP contribution in [0.25, 0.3) is 6.08 Å². The Labute approximate surface area is 120 Å². The number of nitrogens with one attached hydrogen (secondary N) is 1. The second kappa shape index (κ2) is 6.47. The maximum atomic E-state index is 14.1. The summed E-state index contributed by atoms with van der Waals surface area (Å²) in [5.41, 5.74) is 0.00283. The van der Waals surface area contributed by atoms with Crippen LogP contribution in [-0.2, 0) is 14.3 Å². The highest BCUT2D eigenvalue weighted by Gasteiger charge is 2.32. The van der Waals surface area contributed by atoms with Gasteiger partial charge in [-0.1, -0.05) is 0 Å². The van der Waals surface area contributed by atoms with Crippen LogP contribution in [0.2, 0.25) is 0 Å². The van der Waals surface area contributed by atoms with E-state index < -0.39 is 29.4 Å². The minimum atomic E-state index is -0.979. The lowest BCUT2D eigenvalue weighted by Crippen LogP contribution is -2.40. The Morgan fingerprint density at radius 2 is 2.00 bits per heavy atom. The SMILES string of the molecule is CCO/C=C/c1cc(F)c([C@H]2CCC(=O)NC2=O)c(F)c1. The monoisotopic (exact) mass is 295 g/mol. The highest BCUT2D eigenvalue weighted by atomic mass is 19.1. The molecule has 0 aliphatic carbocycles. The summed E-state index contributed by atoms with van der Waals surface area (Å²) in [6, 6.07) is 2.27. The Hall–Kier alpha value is -2.24. The van der Waals surface area contributed by atoms with Gasteiger partial charge in [-0.25, -0.2) is 8.78 Å². The average molecular weight is 295 g/mol. The fourth-order valence-electron chi connectivity index (χ4n) is 2.22. The van der Waals surface area contributed by atoms with Crippen LogP contribution in [0.4, 0.5) is 8.78 Å². The number of carbonyl (C=O) groups is 2. The van der Waals surface area contributed by atoms with Crippen molar-refractivity contribution in [2.24, 2.45) is 0 Å². The zero-order valence-electron chi connectivity index (χ0n) is 11.5. The summed E-state index contributed by atoms with van der Waals surface area (Å²) in [5.74, 6) is -3.68. The zero-order chi connectivity index (χ0) is 15.4. The average Bonchev–Trinajstić information content (AvgIpc) is 2.41. The first-order valence-corrected chi connectivity index (χ1v) is 6.63. The summed E-state index contributed by atoms with van der Waals surface area (Å²) in [6.07, 6.45) is 2.96. The van der Waals surface area contributed by atoms with Gasteiger partial charge in [-0.2, -0.15) is 0 Å². The molecule has 4 nitrogen and oxygen atoms in total. The molecule has 0 unspecified atom stereocenters. The van der Waals surface area contributed by atoms with Crippen molar-refractivity contribution >= 4 is 17.9 Å². The van der Waals surface area contributed by atoms with Crippen LogP contribution in [0.5, 0.6) is 0 Å². The predicted octanol–water partition coefficient (Wildman–Crippen LogP) is 2.49. The molecule has 112 valence electrons. The molecule has 1 aliphatic heterocycles. The standard InChI is InChI=1S/C15H15F2NO3/c1-2-21-6-5-9-7-11(16)14(12(17)8-9)10-3-4-13(19)18-15(10)20/h5-8,10H,2-4H2,1H3,(H,18,19,20)/b6-5+/t10-/m1/s1. The van der Waals surface area contributed by atoms with E-state index in [4.69, 9.17) is 4.74 Å². The van der Waals surface area contributed by atoms with Gasteiger partial charge in [-0.05, 0) is 37.1 Å². The molecule has 1 N–H and O–H groups in total. The van der Waals surface area contributed by atoms with Gasteiger partial charge in [0.2, 0.25) is 11.8 Å². The van der Waals surface area contributed by atoms with Gasteiger partial charge >= 0.3 is 0 Å². The highest BCUT2D eigenvalue weighted by Crippen LogP contribution is 2.30. The van der Waals surface area contributed by atoms with Crippen molar-refractivity contribution in [3.8, 4) is 0 Å². The fourth-order valence-corrected chi connectivity index (χ4v) is 2.22. The highest BCUT2D eigenvalue weighted by molar-refractivity contribution is 6.01. The van der Waals surface area contributed by atoms with E-state index in [9.17, 15) is 18.4 Å². The first kappa shape index (κ1) is 15.2. The van der Waals surface area contributed by atoms with E-state index in [2.05, 4.69) is 5.32 Å². The second-order valence-corrected chi connectivity index (χ2v) is 4.66. The van der Waals surface area contributed by atoms with Crippen molar-refractivity contribution in [2.45, 2.75) is 25.7 Å². The topological polar surface area (TPSA) is 55.4 Å². The van der Waals surface area contributed by atoms with E-state index in [-0.39, 0.29) is 18.4 Å². The Kier molecular flexibility index (Phi) is 4.67. The minimum absolute atomic E-state index is 0.0707. The summed E-state index contributed by atoms with van der Waals surface area (Å²) < 4.78 is 33.2. The number of benzene rings is 1. The van der Waals surface area contributed by atoms with Crippen LogP contribution < -0.4 is 5.32 Å². The van der Waals surface area contributed by atoms with Gasteiger partial charge in [-0.15, -0.1) is 0 Å². The molecule has 1 fully saturated rings. The van der Waals surface area contributed by atoms with Gasteiger partial charge in [0.25, 0.3) is 0 Å². The van der Waals surface area contributed by atoms with Gasteiger partial charge in [0.05, 0.1) is 18.8 Å². The van der Waals surface area contributed by atoms with Gasteiger partial charge in [-0.3, -0.25) is 14.9 Å². The van der Waals surface area contributed by atoms with Gasteiger partial charge < -0.3 is 4.74 Å². The third-order valence-corrected chi connectivity index (χ3v) is 3.21. The molecular formula is C15H15F2NO3. The first-order chi connectivity index (χ1) is 10.0. The largest absolute Gasteiger partial charge is 0.501 e. The Morgan fingerprint density at radius 3 is 2.57 bits per heavy atom. The summed E-state index contributed by atoms with van der Waals surface area (Å²) in [7, 11) is 0. The lowest BCUT2D eigenvalue weighted by molar-refractivity contribution is -0.134. The quantitative estimate of drug-likeness (QED) is 0.686. The van der Waals surface area contributed by atoms with Crippen LogP contribution in [0.1, 0.15) is 36.8 Å². The number of rotatable bonds is 4. The van der Waals surface area contributed by atoms with Crippen molar-refractivity contribution < 1.29 is 23.1 Å². The van der Waals surface area contributed by atoms with Crippen LogP contribution >= 0.6 is 0 Å². The molecule has 1 aromatic rings. The maximum absolute atomic E-state index is 14.1. The number of carbonyl (C=O) groups excluding carboxylic acids is 2. The van der Waals surface area contributed by atoms with Gasteiger partial charge in [0.15, 0.2) is 0 Å². The van der Waals surface area contributed by atoms with Crippen LogP contribution in [-0.4, -0.2) is 18.4 Å². The van der Waals surface area contributed by atoms with Crippen molar-refractivity contribution in [3.05, 3.63) is 41.2 Å². The second-order valence-electron chi connectivity index (χ2n) is 4.66. The van der Waals surface area contributed by atoms with E-state index >= 15 is 0 Å². The summed E-state index contributed by atoms with van der Waals surface area (Å²) in [5, 5.41) is 2.09. The zero-order valence-corrected chi connectivity index (χ0v) is 11.5. The third-order valence-electron chi connectivity index (χ3n) is 3.21. The summed E-state index contributed by atoms with van der Waals surface area (Å²) in [6.45, 7) is 2.24. The Morgan fingerprint density at radius 1 is 1.33 bits per heavy atom. The van der Waals surface area contributed by atoms with E-state index in [1.54, 1.807) is 6.92 Å². The molecule has 21 heavy (non-hydrogen) atoms. The molecular weight excluding hydrogens is 280 g/mol. The van der Waals surface area contributed by atoms with Gasteiger partial charge in [0, 0.05) is 12.0 Å².